The van der Waals surface area contributed by atoms with E-state index in [1.54, 1.807) is 6.92 Å². The lowest BCUT2D eigenvalue weighted by Crippen LogP contribution is -2.35. The minimum Gasteiger partial charge on any atom is -0.369 e. The Hall–Kier alpha value is -2.60. The predicted molar refractivity (Wildman–Crippen MR) is 210 cm³/mol. The molecule has 50 heavy (non-hydrogen) atoms. The van der Waals surface area contributed by atoms with Crippen molar-refractivity contribution in [3.63, 3.8) is 0 Å². The van der Waals surface area contributed by atoms with Crippen LogP contribution in [0.25, 0.3) is 0 Å². The second kappa shape index (κ2) is 32.3. The van der Waals surface area contributed by atoms with Crippen LogP contribution >= 0.6 is 21.4 Å². The Morgan fingerprint density at radius 2 is 1.00 bits per heavy atom. The summed E-state index contributed by atoms with van der Waals surface area (Å²) < 4.78 is 0. The van der Waals surface area contributed by atoms with E-state index in [-0.39, 0.29) is 107 Å². The van der Waals surface area contributed by atoms with Gasteiger partial charge in [-0.3, -0.25) is 48.2 Å². The summed E-state index contributed by atoms with van der Waals surface area (Å²) in [7, 11) is 2.12. The standard InChI is InChI=1S/C14H21N3O4.C14H19N2O4PS.3CH4.P2S2/c1-10(14(15)21)4-2-3-8-16-11(18)7-9-17-12(19)5-6-13(17)20;1-10(14(20)21-22)4-2-3-8-15-11(17)7-9-16-12(18)5-6-13(16)19;;;;3-1-2-4/h5-6,10H,2-4,7-9H2,1H3,(H2,15,21)(H,16,18);5-6,10H,2-4,7-9H2,1H3,(H,15,17);3*1H4;/t2*10-;;;;/m00..../s1. The summed E-state index contributed by atoms with van der Waals surface area (Å²) in [6, 6.07) is 0. The van der Waals surface area contributed by atoms with Gasteiger partial charge in [0, 0.05) is 89.2 Å². The molecule has 0 spiro atoms. The number of hydrogen-bond acceptors (Lipinski definition) is 11. The number of imide groups is 2. The lowest BCUT2D eigenvalue weighted by molar-refractivity contribution is -0.139. The van der Waals surface area contributed by atoms with Gasteiger partial charge in [-0.1, -0.05) is 49.0 Å². The molecular weight excluding hydrogens is 759 g/mol. The van der Waals surface area contributed by atoms with Gasteiger partial charge in [-0.05, 0) is 61.1 Å². The number of rotatable bonds is 20. The number of hydrogen-bond donors (Lipinski definition) is 3. The minimum atomic E-state index is -0.381. The van der Waals surface area contributed by atoms with E-state index in [0.717, 1.165) is 56.0 Å². The fourth-order valence-corrected chi connectivity index (χ4v) is 4.72. The fourth-order valence-electron chi connectivity index (χ4n) is 3.87. The first-order valence-electron chi connectivity index (χ1n) is 14.7. The third-order valence-electron chi connectivity index (χ3n) is 6.73. The van der Waals surface area contributed by atoms with Crippen molar-refractivity contribution >= 4 is 104 Å². The Bertz CT molecular complexity index is 1210. The monoisotopic (exact) mass is 811 g/mol. The van der Waals surface area contributed by atoms with Gasteiger partial charge in [-0.25, -0.2) is 0 Å². The van der Waals surface area contributed by atoms with Gasteiger partial charge in [0.15, 0.2) is 5.52 Å². The Morgan fingerprint density at radius 3 is 1.30 bits per heavy atom. The largest absolute Gasteiger partial charge is 0.369 e. The number of nitrogens with two attached hydrogens (primary N) is 1. The molecule has 0 saturated carbocycles. The Balaban J connectivity index is -0.000000362. The first-order valence-corrected chi connectivity index (χ1v) is 21.1. The zero-order valence-electron chi connectivity index (χ0n) is 26.3. The van der Waals surface area contributed by atoms with Gasteiger partial charge < -0.3 is 16.4 Å². The third kappa shape index (κ3) is 24.5. The van der Waals surface area contributed by atoms with Crippen LogP contribution in [0.5, 0.6) is 0 Å². The number of primary amides is 1. The molecule has 0 saturated heterocycles. The molecule has 0 bridgehead atoms. The van der Waals surface area contributed by atoms with E-state index in [9.17, 15) is 38.4 Å². The molecule has 282 valence electrons. The second-order valence-electron chi connectivity index (χ2n) is 10.3. The highest BCUT2D eigenvalue weighted by Gasteiger charge is 2.24. The van der Waals surface area contributed by atoms with Crippen molar-refractivity contribution in [1.82, 2.24) is 20.4 Å². The molecule has 4 N–H and O–H groups in total. The summed E-state index contributed by atoms with van der Waals surface area (Å²) in [4.78, 5) is 92.5. The number of carbonyl (C=O) groups is 8. The number of unbranched alkanes of at least 4 members (excludes halogenated alkanes) is 2. The molecule has 0 radical (unpaired) electrons. The predicted octanol–water partition coefficient (Wildman–Crippen LogP) is 4.49. The van der Waals surface area contributed by atoms with Gasteiger partial charge in [-0.2, -0.15) is 0 Å². The quantitative estimate of drug-likeness (QED) is 0.0892. The van der Waals surface area contributed by atoms with Crippen molar-refractivity contribution in [2.24, 2.45) is 17.6 Å². The zero-order chi connectivity index (χ0) is 35.8. The molecule has 2 atom stereocenters. The average Bonchev–Trinajstić information content (AvgIpc) is 3.55. The highest BCUT2D eigenvalue weighted by molar-refractivity contribution is 8.40. The van der Waals surface area contributed by atoms with E-state index in [0.29, 0.717) is 26.9 Å². The molecule has 0 aromatic rings. The van der Waals surface area contributed by atoms with Crippen LogP contribution in [-0.2, 0) is 73.8 Å². The molecule has 2 aliphatic rings. The van der Waals surface area contributed by atoms with E-state index in [4.69, 9.17) is 5.73 Å². The number of carbonyl (C=O) groups excluding carboxylic acids is 8. The van der Waals surface area contributed by atoms with Gasteiger partial charge >= 0.3 is 0 Å². The summed E-state index contributed by atoms with van der Waals surface area (Å²) in [5.41, 5.74) is 5.21. The maximum atomic E-state index is 11.6. The summed E-state index contributed by atoms with van der Waals surface area (Å²) in [5, 5.41) is 5.45. The zero-order valence-corrected chi connectivity index (χ0v) is 31.4. The lowest BCUT2D eigenvalue weighted by Gasteiger charge is -2.13. The van der Waals surface area contributed by atoms with Crippen LogP contribution in [-0.4, -0.2) is 82.9 Å². The van der Waals surface area contributed by atoms with Crippen LogP contribution < -0.4 is 16.4 Å². The van der Waals surface area contributed by atoms with Crippen LogP contribution in [0.1, 0.15) is 87.5 Å². The van der Waals surface area contributed by atoms with Crippen LogP contribution in [0.2, 0.25) is 0 Å². The minimum absolute atomic E-state index is 0. The van der Waals surface area contributed by atoms with Crippen molar-refractivity contribution in [3.8, 4) is 0 Å². The van der Waals surface area contributed by atoms with E-state index < -0.39 is 0 Å². The van der Waals surface area contributed by atoms with Crippen LogP contribution in [0, 0.1) is 11.8 Å². The molecule has 0 aliphatic carbocycles. The van der Waals surface area contributed by atoms with Crippen molar-refractivity contribution in [1.29, 1.82) is 0 Å². The third-order valence-corrected chi connectivity index (χ3v) is 10.6. The maximum Gasteiger partial charge on any atom is 0.253 e. The van der Waals surface area contributed by atoms with Crippen molar-refractivity contribution < 1.29 is 38.4 Å². The van der Waals surface area contributed by atoms with Gasteiger partial charge in [0.25, 0.3) is 23.6 Å². The molecule has 0 fully saturated rings. The topological polar surface area (TPSA) is 193 Å². The normalized spacial score (nSPS) is 14.0. The van der Waals surface area contributed by atoms with Gasteiger partial charge in [-0.15, -0.1) is 0 Å². The molecule has 2 aliphatic heterocycles. The molecule has 0 aromatic carbocycles. The van der Waals surface area contributed by atoms with E-state index >= 15 is 0 Å². The van der Waals surface area contributed by atoms with Crippen molar-refractivity contribution in [2.75, 3.05) is 26.2 Å². The summed E-state index contributed by atoms with van der Waals surface area (Å²) in [5.74, 6) is -2.41. The molecule has 2 heterocycles. The van der Waals surface area contributed by atoms with Crippen LogP contribution in [0.3, 0.4) is 0 Å². The molecule has 19 heteroatoms. The van der Waals surface area contributed by atoms with E-state index in [1.165, 1.54) is 24.3 Å². The van der Waals surface area contributed by atoms with Crippen LogP contribution in [0.4, 0.5) is 0 Å². The van der Waals surface area contributed by atoms with Gasteiger partial charge in [0.05, 0.1) is 7.36 Å². The SMILES string of the molecule is C.C.C.C[C@@H](CCCCNC(=O)CCN1C(=O)C=CC1=O)C(=O)P=S.C[C@@H](CCCCNC(=O)CCN1C(=O)C=CC1=O)C(N)=O.S=PP=S. The Kier molecular flexibility index (Phi) is 35.0. The molecular formula is C31H52N5O8P3S3. The van der Waals surface area contributed by atoms with Gasteiger partial charge in [0.2, 0.25) is 17.7 Å². The summed E-state index contributed by atoms with van der Waals surface area (Å²) in [6.07, 6.45) is 9.63. The molecule has 7 amide bonds. The average molecular weight is 812 g/mol. The fraction of sp³-hybridized carbons (Fsp3) is 0.613. The highest BCUT2D eigenvalue weighted by atomic mass is 32.7. The van der Waals surface area contributed by atoms with Crippen molar-refractivity contribution in [3.05, 3.63) is 24.3 Å². The highest BCUT2D eigenvalue weighted by Crippen LogP contribution is 2.14. The van der Waals surface area contributed by atoms with E-state index in [1.807, 2.05) is 6.92 Å². The number of nitrogens with zero attached hydrogens (tertiary/aromatic N) is 2. The smallest absolute Gasteiger partial charge is 0.253 e. The first kappa shape index (κ1) is 54.2. The van der Waals surface area contributed by atoms with E-state index in [2.05, 4.69) is 46.1 Å². The maximum absolute atomic E-state index is 11.6. The van der Waals surface area contributed by atoms with Crippen LogP contribution in [0.15, 0.2) is 24.3 Å². The lowest BCUT2D eigenvalue weighted by atomic mass is 10.0. The molecule has 13 nitrogen and oxygen atoms in total. The molecule has 0 aromatic heterocycles. The second-order valence-corrected chi connectivity index (χ2v) is 15.7. The Labute approximate surface area is 316 Å². The first-order chi connectivity index (χ1) is 22.3. The summed E-state index contributed by atoms with van der Waals surface area (Å²) >= 11 is 13.5. The summed E-state index contributed by atoms with van der Waals surface area (Å²) in [6.45, 7) is 4.85. The number of nitrogens with one attached hydrogen (secondary N) is 2. The van der Waals surface area contributed by atoms with Crippen molar-refractivity contribution in [2.45, 2.75) is 87.5 Å². The number of amides is 7. The Morgan fingerprint density at radius 1 is 0.660 bits per heavy atom. The van der Waals surface area contributed by atoms with Gasteiger partial charge in [0.1, 0.15) is 0 Å². The molecule has 0 unspecified atom stereocenters. The molecule has 2 rings (SSSR count).